The predicted octanol–water partition coefficient (Wildman–Crippen LogP) is 1.33. The molecule has 1 unspecified atom stereocenters. The van der Waals surface area contributed by atoms with Crippen LogP contribution in [0.2, 0.25) is 0 Å². The molecule has 1 aromatic carbocycles. The number of likely N-dealkylation sites (tertiary alicyclic amines) is 2. The van der Waals surface area contributed by atoms with Crippen LogP contribution in [0.1, 0.15) is 18.4 Å². The minimum absolute atomic E-state index is 0.177. The van der Waals surface area contributed by atoms with Gasteiger partial charge in [0.15, 0.2) is 0 Å². The van der Waals surface area contributed by atoms with Gasteiger partial charge in [-0.15, -0.1) is 0 Å². The largest absolute Gasteiger partial charge is 0.379 e. The van der Waals surface area contributed by atoms with Gasteiger partial charge in [0.1, 0.15) is 5.82 Å². The number of ether oxygens (including phenoxy) is 1. The normalized spacial score (nSPS) is 25.4. The molecule has 0 saturated carbocycles. The first-order valence-corrected chi connectivity index (χ1v) is 10.8. The fourth-order valence-corrected chi connectivity index (χ4v) is 4.79. The van der Waals surface area contributed by atoms with Gasteiger partial charge in [0.2, 0.25) is 11.8 Å². The first kappa shape index (κ1) is 21.2. The standard InChI is InChI=1S/C22H31FN4O3/c1-17-2-3-18(23)19(14-17)24-20(28)15-26-6-4-22(16-26)5-7-27(21(22)29)9-8-25-10-12-30-13-11-25/h2-3,14H,4-13,15-16H2,1H3,(H,24,28). The van der Waals surface area contributed by atoms with Gasteiger partial charge < -0.3 is 15.0 Å². The summed E-state index contributed by atoms with van der Waals surface area (Å²) in [6.45, 7) is 9.17. The highest BCUT2D eigenvalue weighted by Crippen LogP contribution is 2.40. The maximum atomic E-state index is 13.9. The number of anilines is 1. The Hall–Kier alpha value is -2.03. The number of morpholine rings is 1. The van der Waals surface area contributed by atoms with E-state index in [9.17, 15) is 14.0 Å². The fraction of sp³-hybridized carbons (Fsp3) is 0.636. The van der Waals surface area contributed by atoms with Gasteiger partial charge in [-0.3, -0.25) is 19.4 Å². The topological polar surface area (TPSA) is 65.1 Å². The van der Waals surface area contributed by atoms with Gasteiger partial charge in [0, 0.05) is 39.3 Å². The van der Waals surface area contributed by atoms with Crippen molar-refractivity contribution in [2.24, 2.45) is 5.41 Å². The Kier molecular flexibility index (Phi) is 6.36. The Morgan fingerprint density at radius 2 is 1.90 bits per heavy atom. The zero-order valence-electron chi connectivity index (χ0n) is 17.7. The lowest BCUT2D eigenvalue weighted by molar-refractivity contribution is -0.136. The molecule has 0 bridgehead atoms. The number of rotatable bonds is 6. The van der Waals surface area contributed by atoms with Crippen LogP contribution in [-0.4, -0.2) is 92.1 Å². The van der Waals surface area contributed by atoms with Crippen LogP contribution >= 0.6 is 0 Å². The van der Waals surface area contributed by atoms with Crippen molar-refractivity contribution >= 4 is 17.5 Å². The number of carbonyl (C=O) groups is 2. The zero-order valence-corrected chi connectivity index (χ0v) is 17.7. The Labute approximate surface area is 177 Å². The molecule has 2 amide bonds. The Balaban J connectivity index is 1.27. The first-order valence-electron chi connectivity index (χ1n) is 10.8. The molecule has 0 aromatic heterocycles. The Bertz CT molecular complexity index is 799. The molecule has 1 N–H and O–H groups in total. The smallest absolute Gasteiger partial charge is 0.238 e. The second-order valence-electron chi connectivity index (χ2n) is 8.77. The lowest BCUT2D eigenvalue weighted by Gasteiger charge is -2.29. The lowest BCUT2D eigenvalue weighted by atomic mass is 9.85. The molecule has 164 valence electrons. The van der Waals surface area contributed by atoms with E-state index in [1.807, 2.05) is 16.7 Å². The van der Waals surface area contributed by atoms with E-state index in [0.29, 0.717) is 13.1 Å². The molecule has 7 nitrogen and oxygen atoms in total. The number of nitrogens with zero attached hydrogens (tertiary/aromatic N) is 3. The third-order valence-corrected chi connectivity index (χ3v) is 6.59. The van der Waals surface area contributed by atoms with Gasteiger partial charge in [0.25, 0.3) is 0 Å². The monoisotopic (exact) mass is 418 g/mol. The van der Waals surface area contributed by atoms with Crippen molar-refractivity contribution in [3.8, 4) is 0 Å². The summed E-state index contributed by atoms with van der Waals surface area (Å²) in [5.74, 6) is -0.455. The predicted molar refractivity (Wildman–Crippen MR) is 112 cm³/mol. The quantitative estimate of drug-likeness (QED) is 0.755. The summed E-state index contributed by atoms with van der Waals surface area (Å²) in [4.78, 5) is 31.9. The van der Waals surface area contributed by atoms with Crippen molar-refractivity contribution in [2.45, 2.75) is 19.8 Å². The molecule has 0 radical (unpaired) electrons. The first-order chi connectivity index (χ1) is 14.4. The van der Waals surface area contributed by atoms with Crippen LogP contribution in [0.25, 0.3) is 0 Å². The van der Waals surface area contributed by atoms with E-state index in [2.05, 4.69) is 10.2 Å². The molecular weight excluding hydrogens is 387 g/mol. The van der Waals surface area contributed by atoms with Crippen molar-refractivity contribution in [3.05, 3.63) is 29.6 Å². The highest BCUT2D eigenvalue weighted by Gasteiger charge is 2.50. The van der Waals surface area contributed by atoms with Crippen LogP contribution in [0.4, 0.5) is 10.1 Å². The number of carbonyl (C=O) groups excluding carboxylic acids is 2. The molecule has 3 aliphatic heterocycles. The van der Waals surface area contributed by atoms with E-state index in [-0.39, 0.29) is 29.5 Å². The van der Waals surface area contributed by atoms with Crippen LogP contribution in [0.3, 0.4) is 0 Å². The molecule has 3 aliphatic rings. The summed E-state index contributed by atoms with van der Waals surface area (Å²) < 4.78 is 19.3. The average molecular weight is 419 g/mol. The third kappa shape index (κ3) is 4.66. The van der Waals surface area contributed by atoms with Gasteiger partial charge in [-0.2, -0.15) is 0 Å². The van der Waals surface area contributed by atoms with Crippen molar-refractivity contribution < 1.29 is 18.7 Å². The average Bonchev–Trinajstić information content (AvgIpc) is 3.28. The number of hydrogen-bond acceptors (Lipinski definition) is 5. The van der Waals surface area contributed by atoms with E-state index in [1.54, 1.807) is 12.1 Å². The van der Waals surface area contributed by atoms with Gasteiger partial charge in [-0.25, -0.2) is 4.39 Å². The SMILES string of the molecule is Cc1ccc(F)c(NC(=O)CN2CCC3(CCN(CCN4CCOCC4)C3=O)C2)c1. The molecule has 8 heteroatoms. The molecule has 3 saturated heterocycles. The maximum absolute atomic E-state index is 13.9. The van der Waals surface area contributed by atoms with E-state index in [0.717, 1.165) is 64.3 Å². The van der Waals surface area contributed by atoms with Crippen molar-refractivity contribution in [2.75, 3.05) is 70.9 Å². The molecule has 0 aliphatic carbocycles. The molecule has 30 heavy (non-hydrogen) atoms. The summed E-state index contributed by atoms with van der Waals surface area (Å²) >= 11 is 0. The molecule has 3 heterocycles. The molecule has 4 rings (SSSR count). The van der Waals surface area contributed by atoms with Crippen molar-refractivity contribution in [1.29, 1.82) is 0 Å². The molecule has 3 fully saturated rings. The third-order valence-electron chi connectivity index (χ3n) is 6.59. The zero-order chi connectivity index (χ0) is 21.1. The molecule has 1 aromatic rings. The number of halogens is 1. The van der Waals surface area contributed by atoms with Crippen LogP contribution < -0.4 is 5.32 Å². The van der Waals surface area contributed by atoms with Gasteiger partial charge in [0.05, 0.1) is 30.9 Å². The van der Waals surface area contributed by atoms with Crippen molar-refractivity contribution in [1.82, 2.24) is 14.7 Å². The summed E-state index contributed by atoms with van der Waals surface area (Å²) in [5.41, 5.74) is 0.737. The van der Waals surface area contributed by atoms with Crippen LogP contribution in [-0.2, 0) is 14.3 Å². The second-order valence-corrected chi connectivity index (χ2v) is 8.77. The lowest BCUT2D eigenvalue weighted by Crippen LogP contribution is -2.43. The number of amides is 2. The van der Waals surface area contributed by atoms with Gasteiger partial charge >= 0.3 is 0 Å². The summed E-state index contributed by atoms with van der Waals surface area (Å²) in [7, 11) is 0. The Morgan fingerprint density at radius 3 is 2.70 bits per heavy atom. The molecule has 1 atom stereocenters. The fourth-order valence-electron chi connectivity index (χ4n) is 4.79. The maximum Gasteiger partial charge on any atom is 0.238 e. The summed E-state index contributed by atoms with van der Waals surface area (Å²) in [6.07, 6.45) is 1.63. The number of benzene rings is 1. The minimum Gasteiger partial charge on any atom is -0.379 e. The van der Waals surface area contributed by atoms with Gasteiger partial charge in [-0.05, 0) is 44.0 Å². The van der Waals surface area contributed by atoms with E-state index >= 15 is 0 Å². The number of nitrogens with one attached hydrogen (secondary N) is 1. The van der Waals surface area contributed by atoms with Crippen molar-refractivity contribution in [3.63, 3.8) is 0 Å². The van der Waals surface area contributed by atoms with Gasteiger partial charge in [-0.1, -0.05) is 6.07 Å². The molecular formula is C22H31FN4O3. The second kappa shape index (κ2) is 8.99. The highest BCUT2D eigenvalue weighted by atomic mass is 19.1. The van der Waals surface area contributed by atoms with Crippen LogP contribution in [0.5, 0.6) is 0 Å². The minimum atomic E-state index is -0.436. The van der Waals surface area contributed by atoms with E-state index in [1.165, 1.54) is 6.07 Å². The van der Waals surface area contributed by atoms with E-state index in [4.69, 9.17) is 4.74 Å². The number of aryl methyl sites for hydroxylation is 1. The van der Waals surface area contributed by atoms with Crippen LogP contribution in [0.15, 0.2) is 18.2 Å². The Morgan fingerprint density at radius 1 is 1.13 bits per heavy atom. The summed E-state index contributed by atoms with van der Waals surface area (Å²) in [5, 5.41) is 2.67. The summed E-state index contributed by atoms with van der Waals surface area (Å²) in [6, 6.07) is 4.66. The number of hydrogen-bond donors (Lipinski definition) is 1. The molecule has 1 spiro atoms. The van der Waals surface area contributed by atoms with E-state index < -0.39 is 5.82 Å². The highest BCUT2D eigenvalue weighted by molar-refractivity contribution is 5.92. The van der Waals surface area contributed by atoms with Crippen LogP contribution in [0, 0.1) is 18.2 Å².